The van der Waals surface area contributed by atoms with E-state index in [0.29, 0.717) is 18.8 Å². The molecule has 0 aliphatic carbocycles. The van der Waals surface area contributed by atoms with Gasteiger partial charge in [0, 0.05) is 6.54 Å². The Balaban J connectivity index is 2.19. The maximum Gasteiger partial charge on any atom is 0.232 e. The fraction of sp³-hybridized carbons (Fsp3) is 0.500. The number of nitrogens with two attached hydrogens (primary N) is 1. The summed E-state index contributed by atoms with van der Waals surface area (Å²) in [6.07, 6.45) is 0.966. The zero-order valence-electron chi connectivity index (χ0n) is 10.9. The second-order valence-electron chi connectivity index (χ2n) is 4.72. The first-order valence-electron chi connectivity index (χ1n) is 6.41. The van der Waals surface area contributed by atoms with Gasteiger partial charge in [-0.1, -0.05) is 12.1 Å². The Morgan fingerprint density at radius 1 is 1.50 bits per heavy atom. The van der Waals surface area contributed by atoms with Crippen LogP contribution in [0.1, 0.15) is 20.3 Å². The quantitative estimate of drug-likeness (QED) is 0.833. The van der Waals surface area contributed by atoms with Crippen molar-refractivity contribution in [3.8, 4) is 0 Å². The van der Waals surface area contributed by atoms with Crippen molar-refractivity contribution in [1.29, 1.82) is 0 Å². The highest BCUT2D eigenvalue weighted by Gasteiger charge is 2.32. The van der Waals surface area contributed by atoms with E-state index in [1.807, 2.05) is 38.1 Å². The van der Waals surface area contributed by atoms with Crippen LogP contribution in [0.15, 0.2) is 24.3 Å². The third-order valence-electron chi connectivity index (χ3n) is 3.36. The molecule has 4 heteroatoms. The molecule has 1 aliphatic rings. The molecule has 2 rings (SSSR count). The van der Waals surface area contributed by atoms with Gasteiger partial charge >= 0.3 is 0 Å². The van der Waals surface area contributed by atoms with Crippen molar-refractivity contribution in [1.82, 2.24) is 0 Å². The Bertz CT molecular complexity index is 434. The normalized spacial score (nSPS) is 23.0. The summed E-state index contributed by atoms with van der Waals surface area (Å²) in [6.45, 7) is 5.10. The van der Waals surface area contributed by atoms with Crippen molar-refractivity contribution in [2.75, 3.05) is 23.8 Å². The van der Waals surface area contributed by atoms with E-state index in [1.54, 1.807) is 4.90 Å². The van der Waals surface area contributed by atoms with Crippen LogP contribution in [0.25, 0.3) is 0 Å². The topological polar surface area (TPSA) is 55.6 Å². The minimum absolute atomic E-state index is 0.0421. The molecule has 2 unspecified atom stereocenters. The highest BCUT2D eigenvalue weighted by molar-refractivity contribution is 5.97. The molecule has 1 heterocycles. The average molecular weight is 248 g/mol. The lowest BCUT2D eigenvalue weighted by atomic mass is 10.0. The molecule has 1 fully saturated rings. The van der Waals surface area contributed by atoms with Gasteiger partial charge in [-0.25, -0.2) is 0 Å². The van der Waals surface area contributed by atoms with Crippen molar-refractivity contribution in [3.05, 3.63) is 24.3 Å². The van der Waals surface area contributed by atoms with Crippen molar-refractivity contribution in [3.63, 3.8) is 0 Å². The fourth-order valence-corrected chi connectivity index (χ4v) is 2.39. The maximum absolute atomic E-state index is 12.5. The third kappa shape index (κ3) is 2.48. The van der Waals surface area contributed by atoms with Crippen LogP contribution < -0.4 is 10.6 Å². The van der Waals surface area contributed by atoms with Gasteiger partial charge < -0.3 is 15.4 Å². The second-order valence-corrected chi connectivity index (χ2v) is 4.72. The average Bonchev–Trinajstić information content (AvgIpc) is 2.79. The molecule has 1 aromatic carbocycles. The molecule has 2 atom stereocenters. The molecular formula is C14H20N2O2. The number of hydrogen-bond acceptors (Lipinski definition) is 3. The molecule has 0 spiro atoms. The van der Waals surface area contributed by atoms with E-state index in [2.05, 4.69) is 0 Å². The zero-order chi connectivity index (χ0) is 13.1. The molecule has 18 heavy (non-hydrogen) atoms. The molecule has 2 N–H and O–H groups in total. The Morgan fingerprint density at radius 3 is 2.78 bits per heavy atom. The largest absolute Gasteiger partial charge is 0.397 e. The molecule has 1 aromatic rings. The van der Waals surface area contributed by atoms with Crippen LogP contribution in [-0.4, -0.2) is 25.2 Å². The minimum Gasteiger partial charge on any atom is -0.397 e. The Hall–Kier alpha value is -1.55. The van der Waals surface area contributed by atoms with Crippen LogP contribution in [0.2, 0.25) is 0 Å². The lowest BCUT2D eigenvalue weighted by Crippen LogP contribution is -2.36. The Morgan fingerprint density at radius 2 is 2.22 bits per heavy atom. The predicted octanol–water partition coefficient (Wildman–Crippen LogP) is 2.05. The number of rotatable bonds is 3. The smallest absolute Gasteiger partial charge is 0.232 e. The molecule has 1 aliphatic heterocycles. The van der Waals surface area contributed by atoms with Crippen molar-refractivity contribution in [2.24, 2.45) is 5.92 Å². The highest BCUT2D eigenvalue weighted by Crippen LogP contribution is 2.27. The zero-order valence-corrected chi connectivity index (χ0v) is 10.9. The van der Waals surface area contributed by atoms with Crippen LogP contribution in [0.5, 0.6) is 0 Å². The Labute approximate surface area is 108 Å². The summed E-state index contributed by atoms with van der Waals surface area (Å²) < 4.78 is 5.47. The summed E-state index contributed by atoms with van der Waals surface area (Å²) in [5.41, 5.74) is 7.37. The number of nitrogens with zero attached hydrogens (tertiary/aromatic N) is 1. The third-order valence-corrected chi connectivity index (χ3v) is 3.36. The van der Waals surface area contributed by atoms with E-state index in [-0.39, 0.29) is 17.9 Å². The number of para-hydroxylation sites is 2. The summed E-state index contributed by atoms with van der Waals surface area (Å²) in [7, 11) is 0. The standard InChI is InChI=1S/C14H20N2O2/c1-3-16(13-7-5-4-6-12(13)15)14(17)11-8-10(2)18-9-11/h4-7,10-11H,3,8-9,15H2,1-2H3. The number of benzene rings is 1. The molecule has 0 bridgehead atoms. The van der Waals surface area contributed by atoms with Gasteiger partial charge in [0.1, 0.15) is 0 Å². The van der Waals surface area contributed by atoms with Crippen LogP contribution in [0, 0.1) is 5.92 Å². The van der Waals surface area contributed by atoms with Gasteiger partial charge in [0.2, 0.25) is 5.91 Å². The number of hydrogen-bond donors (Lipinski definition) is 1. The number of amides is 1. The first kappa shape index (κ1) is 12.9. The van der Waals surface area contributed by atoms with Crippen molar-refractivity contribution >= 4 is 17.3 Å². The molecule has 1 saturated heterocycles. The SMILES string of the molecule is CCN(C(=O)C1COC(C)C1)c1ccccc1N. The summed E-state index contributed by atoms with van der Waals surface area (Å²) in [4.78, 5) is 14.2. The lowest BCUT2D eigenvalue weighted by molar-refractivity contribution is -0.122. The highest BCUT2D eigenvalue weighted by atomic mass is 16.5. The summed E-state index contributed by atoms with van der Waals surface area (Å²) in [6, 6.07) is 7.47. The molecule has 0 radical (unpaired) electrons. The van der Waals surface area contributed by atoms with Crippen LogP contribution in [0.4, 0.5) is 11.4 Å². The number of carbonyl (C=O) groups excluding carboxylic acids is 1. The van der Waals surface area contributed by atoms with Gasteiger partial charge in [-0.05, 0) is 32.4 Å². The number of anilines is 2. The van der Waals surface area contributed by atoms with E-state index in [1.165, 1.54) is 0 Å². The van der Waals surface area contributed by atoms with Crippen molar-refractivity contribution in [2.45, 2.75) is 26.4 Å². The van der Waals surface area contributed by atoms with Crippen LogP contribution in [-0.2, 0) is 9.53 Å². The van der Waals surface area contributed by atoms with Crippen molar-refractivity contribution < 1.29 is 9.53 Å². The molecule has 1 amide bonds. The van der Waals surface area contributed by atoms with Gasteiger partial charge in [-0.3, -0.25) is 4.79 Å². The van der Waals surface area contributed by atoms with E-state index in [0.717, 1.165) is 12.1 Å². The van der Waals surface area contributed by atoms with E-state index in [9.17, 15) is 4.79 Å². The van der Waals surface area contributed by atoms with Gasteiger partial charge in [-0.15, -0.1) is 0 Å². The van der Waals surface area contributed by atoms with Gasteiger partial charge in [0.25, 0.3) is 0 Å². The first-order valence-corrected chi connectivity index (χ1v) is 6.41. The second kappa shape index (κ2) is 5.40. The van der Waals surface area contributed by atoms with E-state index >= 15 is 0 Å². The van der Waals surface area contributed by atoms with Crippen LogP contribution >= 0.6 is 0 Å². The molecular weight excluding hydrogens is 228 g/mol. The number of ether oxygens (including phenoxy) is 1. The summed E-state index contributed by atoms with van der Waals surface area (Å²) in [5.74, 6) is 0.0688. The Kier molecular flexibility index (Phi) is 3.87. The lowest BCUT2D eigenvalue weighted by Gasteiger charge is -2.25. The summed E-state index contributed by atoms with van der Waals surface area (Å²) >= 11 is 0. The maximum atomic E-state index is 12.5. The molecule has 4 nitrogen and oxygen atoms in total. The molecule has 0 saturated carbocycles. The van der Waals surface area contributed by atoms with Gasteiger partial charge in [0.15, 0.2) is 0 Å². The fourth-order valence-electron chi connectivity index (χ4n) is 2.39. The summed E-state index contributed by atoms with van der Waals surface area (Å²) in [5, 5.41) is 0. The predicted molar refractivity (Wildman–Crippen MR) is 72.4 cm³/mol. The molecule has 98 valence electrons. The minimum atomic E-state index is -0.0421. The molecule has 0 aromatic heterocycles. The van der Waals surface area contributed by atoms with Gasteiger partial charge in [-0.2, -0.15) is 0 Å². The van der Waals surface area contributed by atoms with Crippen LogP contribution in [0.3, 0.4) is 0 Å². The van der Waals surface area contributed by atoms with E-state index in [4.69, 9.17) is 10.5 Å². The number of nitrogen functional groups attached to an aromatic ring is 1. The van der Waals surface area contributed by atoms with Gasteiger partial charge in [0.05, 0.1) is 30.0 Å². The van der Waals surface area contributed by atoms with E-state index < -0.39 is 0 Å². The first-order chi connectivity index (χ1) is 8.63. The monoisotopic (exact) mass is 248 g/mol. The number of carbonyl (C=O) groups is 1.